The summed E-state index contributed by atoms with van der Waals surface area (Å²) in [5, 5.41) is 3.16. The van der Waals surface area contributed by atoms with Crippen LogP contribution in [0.5, 0.6) is 11.5 Å². The fraction of sp³-hybridized carbons (Fsp3) is 0.238. The number of esters is 1. The van der Waals surface area contributed by atoms with E-state index in [1.54, 1.807) is 11.0 Å². The number of ether oxygens (including phenoxy) is 2. The molecule has 1 fully saturated rings. The Bertz CT molecular complexity index is 2080. The van der Waals surface area contributed by atoms with Crippen molar-refractivity contribution in [1.82, 2.24) is 0 Å². The van der Waals surface area contributed by atoms with Crippen LogP contribution < -0.4 is 19.9 Å². The van der Waals surface area contributed by atoms with Crippen LogP contribution in [0, 0.1) is 13.8 Å². The summed E-state index contributed by atoms with van der Waals surface area (Å²) in [6.07, 6.45) is 6.01. The quantitative estimate of drug-likeness (QED) is 0.192. The largest absolute Gasteiger partial charge is 0.456 e. The number of hydrogen-bond donors (Lipinski definition) is 1. The molecule has 1 atom stereocenters. The molecule has 0 bridgehead atoms. The molecule has 8 rings (SSSR count). The number of nitrogens with zero attached hydrogens (tertiary/aromatic N) is 2. The minimum absolute atomic E-state index is 0.343. The molecule has 246 valence electrons. The maximum atomic E-state index is 14.8. The highest BCUT2D eigenvalue weighted by atomic mass is 16.6. The van der Waals surface area contributed by atoms with Crippen molar-refractivity contribution in [3.63, 3.8) is 0 Å². The molecule has 49 heavy (non-hydrogen) atoms. The third kappa shape index (κ3) is 5.12. The average molecular weight is 650 g/mol. The van der Waals surface area contributed by atoms with Gasteiger partial charge in [0.05, 0.1) is 22.5 Å². The fourth-order valence-electron chi connectivity index (χ4n) is 7.75. The standard InChI is InChI=1S/C42H39N3O4/c1-27-20-23-29(24-21-27)43-41(47)45(36-26-31(25-22-28(36)2)44(3)30-12-5-4-6-13-30)35-17-11-19-38-39(35)42(34-16-9-10-18-37(34)48-38)33-15-8-7-14-32(33)40(46)49-42/h7-11,14-26,30H,4-6,12-13H2,1-3H3,(H,43,47). The van der Waals surface area contributed by atoms with E-state index in [0.29, 0.717) is 51.2 Å². The summed E-state index contributed by atoms with van der Waals surface area (Å²) in [6.45, 7) is 4.04. The van der Waals surface area contributed by atoms with E-state index in [2.05, 4.69) is 35.5 Å². The van der Waals surface area contributed by atoms with Gasteiger partial charge >= 0.3 is 12.0 Å². The molecule has 1 saturated carbocycles. The number of nitrogens with one attached hydrogen (secondary N) is 1. The predicted molar refractivity (Wildman–Crippen MR) is 193 cm³/mol. The molecule has 7 heteroatoms. The predicted octanol–water partition coefficient (Wildman–Crippen LogP) is 10.0. The van der Waals surface area contributed by atoms with Gasteiger partial charge in [-0.1, -0.05) is 85.5 Å². The number of fused-ring (bicyclic) bond motifs is 6. The molecule has 5 aromatic rings. The number of carbonyl (C=O) groups is 2. The molecule has 1 spiro atoms. The Morgan fingerprint density at radius 1 is 0.776 bits per heavy atom. The lowest BCUT2D eigenvalue weighted by Gasteiger charge is -2.40. The van der Waals surface area contributed by atoms with Gasteiger partial charge < -0.3 is 19.7 Å². The first-order valence-corrected chi connectivity index (χ1v) is 17.1. The first-order valence-electron chi connectivity index (χ1n) is 17.1. The third-order valence-corrected chi connectivity index (χ3v) is 10.3. The van der Waals surface area contributed by atoms with Gasteiger partial charge in [-0.05, 0) is 80.8 Å². The number of aryl methyl sites for hydroxylation is 2. The highest BCUT2D eigenvalue weighted by Gasteiger charge is 2.55. The molecule has 1 unspecified atom stereocenters. The normalized spacial score (nSPS) is 17.7. The molecule has 2 amide bonds. The zero-order valence-electron chi connectivity index (χ0n) is 28.0. The van der Waals surface area contributed by atoms with Gasteiger partial charge in [0.2, 0.25) is 0 Å². The number of para-hydroxylation sites is 1. The SMILES string of the molecule is Cc1ccc(NC(=O)N(c2cc(N(C)C3CCCCC3)ccc2C)c2cccc3c2C2(OC(=O)c4ccccc42)c2ccccc2O3)cc1. The van der Waals surface area contributed by atoms with Gasteiger partial charge in [-0.15, -0.1) is 0 Å². The molecule has 2 aliphatic heterocycles. The van der Waals surface area contributed by atoms with Crippen molar-refractivity contribution in [2.75, 3.05) is 22.2 Å². The second-order valence-electron chi connectivity index (χ2n) is 13.4. The Balaban J connectivity index is 1.35. The summed E-state index contributed by atoms with van der Waals surface area (Å²) >= 11 is 0. The lowest BCUT2D eigenvalue weighted by molar-refractivity contribution is 0.0226. The number of benzene rings is 5. The Morgan fingerprint density at radius 2 is 1.49 bits per heavy atom. The van der Waals surface area contributed by atoms with Crippen LogP contribution in [-0.2, 0) is 10.3 Å². The van der Waals surface area contributed by atoms with E-state index in [0.717, 1.165) is 35.3 Å². The topological polar surface area (TPSA) is 71.1 Å². The van der Waals surface area contributed by atoms with Crippen molar-refractivity contribution in [1.29, 1.82) is 0 Å². The Hall–Kier alpha value is -5.56. The summed E-state index contributed by atoms with van der Waals surface area (Å²) in [6, 6.07) is 35.0. The van der Waals surface area contributed by atoms with Gasteiger partial charge in [-0.25, -0.2) is 9.59 Å². The molecule has 0 saturated heterocycles. The second-order valence-corrected chi connectivity index (χ2v) is 13.4. The van der Waals surface area contributed by atoms with Crippen LogP contribution >= 0.6 is 0 Å². The number of anilines is 4. The molecule has 1 aliphatic carbocycles. The van der Waals surface area contributed by atoms with Crippen molar-refractivity contribution < 1.29 is 19.1 Å². The second kappa shape index (κ2) is 12.2. The molecular weight excluding hydrogens is 610 g/mol. The molecule has 2 heterocycles. The Labute approximate surface area is 287 Å². The number of amides is 2. The van der Waals surface area contributed by atoms with Crippen LogP contribution in [0.15, 0.2) is 109 Å². The minimum atomic E-state index is -1.35. The van der Waals surface area contributed by atoms with Crippen LogP contribution in [0.4, 0.5) is 27.5 Å². The summed E-state index contributed by atoms with van der Waals surface area (Å²) in [7, 11) is 2.15. The van der Waals surface area contributed by atoms with Gasteiger partial charge in [0.25, 0.3) is 0 Å². The summed E-state index contributed by atoms with van der Waals surface area (Å²) < 4.78 is 13.1. The van der Waals surface area contributed by atoms with E-state index in [1.807, 2.05) is 98.8 Å². The third-order valence-electron chi connectivity index (χ3n) is 10.3. The maximum Gasteiger partial charge on any atom is 0.340 e. The van der Waals surface area contributed by atoms with Crippen molar-refractivity contribution in [3.8, 4) is 11.5 Å². The molecular formula is C42H39N3O4. The summed E-state index contributed by atoms with van der Waals surface area (Å²) in [4.78, 5) is 32.6. The zero-order valence-corrected chi connectivity index (χ0v) is 28.0. The molecule has 7 nitrogen and oxygen atoms in total. The van der Waals surface area contributed by atoms with Gasteiger partial charge in [-0.2, -0.15) is 0 Å². The Morgan fingerprint density at radius 3 is 2.29 bits per heavy atom. The van der Waals surface area contributed by atoms with Gasteiger partial charge in [-0.3, -0.25) is 4.90 Å². The summed E-state index contributed by atoms with van der Waals surface area (Å²) in [5.41, 5.74) is 6.17. The fourth-order valence-corrected chi connectivity index (χ4v) is 7.75. The van der Waals surface area contributed by atoms with Crippen LogP contribution in [0.25, 0.3) is 0 Å². The molecule has 0 radical (unpaired) electrons. The van der Waals surface area contributed by atoms with Crippen molar-refractivity contribution >= 4 is 34.7 Å². The van der Waals surface area contributed by atoms with Crippen LogP contribution in [0.1, 0.15) is 70.3 Å². The number of carbonyl (C=O) groups excluding carboxylic acids is 2. The lowest BCUT2D eigenvalue weighted by Crippen LogP contribution is -2.38. The summed E-state index contributed by atoms with van der Waals surface area (Å²) in [5.74, 6) is 0.692. The first-order chi connectivity index (χ1) is 23.8. The van der Waals surface area contributed by atoms with Gasteiger partial charge in [0, 0.05) is 35.6 Å². The van der Waals surface area contributed by atoms with E-state index in [-0.39, 0.29) is 6.03 Å². The van der Waals surface area contributed by atoms with Crippen LogP contribution in [0.3, 0.4) is 0 Å². The van der Waals surface area contributed by atoms with Crippen molar-refractivity contribution in [2.24, 2.45) is 0 Å². The number of rotatable bonds is 5. The van der Waals surface area contributed by atoms with Crippen molar-refractivity contribution in [3.05, 3.63) is 143 Å². The van der Waals surface area contributed by atoms with E-state index >= 15 is 0 Å². The van der Waals surface area contributed by atoms with Crippen LogP contribution in [-0.4, -0.2) is 25.1 Å². The zero-order chi connectivity index (χ0) is 33.7. The molecule has 1 N–H and O–H groups in total. The van der Waals surface area contributed by atoms with Gasteiger partial charge in [0.1, 0.15) is 11.5 Å². The van der Waals surface area contributed by atoms with Crippen molar-refractivity contribution in [2.45, 2.75) is 57.6 Å². The highest BCUT2D eigenvalue weighted by Crippen LogP contribution is 2.59. The Kier molecular flexibility index (Phi) is 7.63. The number of hydrogen-bond acceptors (Lipinski definition) is 5. The minimum Gasteiger partial charge on any atom is -0.456 e. The maximum absolute atomic E-state index is 14.8. The average Bonchev–Trinajstić information content (AvgIpc) is 3.42. The number of urea groups is 1. The molecule has 5 aromatic carbocycles. The first kappa shape index (κ1) is 30.8. The van der Waals surface area contributed by atoms with E-state index in [4.69, 9.17) is 9.47 Å². The van der Waals surface area contributed by atoms with E-state index in [1.165, 1.54) is 19.3 Å². The monoisotopic (exact) mass is 649 g/mol. The van der Waals surface area contributed by atoms with E-state index < -0.39 is 11.6 Å². The lowest BCUT2D eigenvalue weighted by atomic mass is 9.76. The smallest absolute Gasteiger partial charge is 0.340 e. The molecule has 3 aliphatic rings. The highest BCUT2D eigenvalue weighted by molar-refractivity contribution is 6.09. The van der Waals surface area contributed by atoms with Gasteiger partial charge in [0.15, 0.2) is 5.60 Å². The molecule has 0 aromatic heterocycles. The van der Waals surface area contributed by atoms with E-state index in [9.17, 15) is 9.59 Å². The van der Waals surface area contributed by atoms with Crippen LogP contribution in [0.2, 0.25) is 0 Å².